The molecule has 4 aromatic carbocycles. The minimum Gasteiger partial charge on any atom is -0.497 e. The first-order valence-electron chi connectivity index (χ1n) is 19.2. The smallest absolute Gasteiger partial charge is 0.355 e. The molecule has 0 bridgehead atoms. The molecule has 0 saturated carbocycles. The van der Waals surface area contributed by atoms with E-state index in [4.69, 9.17) is 23.8 Å². The van der Waals surface area contributed by atoms with E-state index >= 15 is 0 Å². The number of anilines is 1. The molecule has 2 aliphatic rings. The molecule has 0 unspecified atom stereocenters. The van der Waals surface area contributed by atoms with E-state index in [1.54, 1.807) is 61.9 Å². The second kappa shape index (κ2) is 18.1. The number of allylic oxidation sites excluding steroid dienone is 1. The summed E-state index contributed by atoms with van der Waals surface area (Å²) in [7, 11) is 2.91. The first-order valence-corrected chi connectivity index (χ1v) is 21.1. The van der Waals surface area contributed by atoms with Crippen LogP contribution >= 0.6 is 23.1 Å². The zero-order valence-corrected chi connectivity index (χ0v) is 34.9. The Kier molecular flexibility index (Phi) is 12.1. The van der Waals surface area contributed by atoms with E-state index in [1.165, 1.54) is 35.1 Å². The number of esters is 1. The number of nitrogens with zero attached hydrogens (tertiary/aromatic N) is 4. The van der Waals surface area contributed by atoms with Crippen molar-refractivity contribution < 1.29 is 33.2 Å². The van der Waals surface area contributed by atoms with Crippen molar-refractivity contribution in [3.63, 3.8) is 0 Å². The van der Waals surface area contributed by atoms with Crippen LogP contribution in [0.15, 0.2) is 154 Å². The number of rotatable bonds is 15. The number of nitrogens with one attached hydrogen (secondary N) is 2. The van der Waals surface area contributed by atoms with Gasteiger partial charge in [0.15, 0.2) is 16.6 Å². The number of carbonyl (C=O) groups is 3. The average Bonchev–Trinajstić information content (AvgIpc) is 3.96. The molecule has 2 atom stereocenters. The number of thioether (sulfide) groups is 1. The van der Waals surface area contributed by atoms with Gasteiger partial charge in [-0.15, -0.1) is 23.1 Å². The van der Waals surface area contributed by atoms with Crippen LogP contribution < -0.4 is 15.4 Å². The lowest BCUT2D eigenvalue weighted by molar-refractivity contribution is -0.153. The van der Waals surface area contributed by atoms with E-state index in [-0.39, 0.29) is 23.7 Å². The molecule has 308 valence electrons. The molecule has 2 aromatic heterocycles. The van der Waals surface area contributed by atoms with E-state index in [1.807, 2.05) is 54.6 Å². The summed E-state index contributed by atoms with van der Waals surface area (Å²) in [5.41, 5.74) is 4.28. The van der Waals surface area contributed by atoms with Crippen molar-refractivity contribution in [2.45, 2.75) is 30.5 Å². The summed E-state index contributed by atoms with van der Waals surface area (Å²) in [6.07, 6.45) is 3.40. The van der Waals surface area contributed by atoms with Crippen LogP contribution in [-0.2, 0) is 36.1 Å². The fraction of sp³-hybridized carbons (Fsp3) is 0.174. The summed E-state index contributed by atoms with van der Waals surface area (Å²) < 4.78 is 16.3. The number of hydrogen-bond donors (Lipinski definition) is 2. The number of aryl methyl sites for hydroxylation is 1. The largest absolute Gasteiger partial charge is 0.497 e. The van der Waals surface area contributed by atoms with Gasteiger partial charge < -0.3 is 29.5 Å². The molecule has 6 aromatic rings. The second-order valence-electron chi connectivity index (χ2n) is 14.0. The molecule has 2 aliphatic heterocycles. The molecule has 8 rings (SSSR count). The SMILES string of the molecule is CO/N=C(\C(=O)N[C@@H]1C(=O)N2C(C(=O)OCc3ccc(OC)cc3)=C(/C=C/c3cc(C)no3)CS[C@H]12)c1csc(NC(c2ccccc2)(c2ccccc2)c2ccccc2)n1. The zero-order chi connectivity index (χ0) is 42.3. The van der Waals surface area contributed by atoms with Gasteiger partial charge in [-0.05, 0) is 53.0 Å². The lowest BCUT2D eigenvalue weighted by Gasteiger charge is -2.49. The lowest BCUT2D eigenvalue weighted by Crippen LogP contribution is -2.71. The van der Waals surface area contributed by atoms with Gasteiger partial charge in [0.05, 0.1) is 12.8 Å². The third-order valence-electron chi connectivity index (χ3n) is 10.2. The number of oxime groups is 1. The maximum absolute atomic E-state index is 14.1. The summed E-state index contributed by atoms with van der Waals surface area (Å²) in [4.78, 5) is 53.2. The van der Waals surface area contributed by atoms with E-state index < -0.39 is 34.7 Å². The topological polar surface area (TPSA) is 157 Å². The maximum Gasteiger partial charge on any atom is 0.355 e. The Morgan fingerprint density at radius 2 is 1.56 bits per heavy atom. The number of methoxy groups -OCH3 is 1. The van der Waals surface area contributed by atoms with Gasteiger partial charge in [0.25, 0.3) is 11.8 Å². The highest BCUT2D eigenvalue weighted by atomic mass is 32.2. The van der Waals surface area contributed by atoms with Crippen molar-refractivity contribution in [1.82, 2.24) is 20.4 Å². The van der Waals surface area contributed by atoms with Gasteiger partial charge in [0, 0.05) is 17.2 Å². The van der Waals surface area contributed by atoms with E-state index in [0.29, 0.717) is 33.7 Å². The number of amides is 2. The number of aromatic nitrogens is 2. The van der Waals surface area contributed by atoms with Crippen molar-refractivity contribution in [2.75, 3.05) is 25.3 Å². The van der Waals surface area contributed by atoms with Gasteiger partial charge >= 0.3 is 5.97 Å². The number of benzene rings is 4. The van der Waals surface area contributed by atoms with Crippen molar-refractivity contribution in [3.05, 3.63) is 183 Å². The third-order valence-corrected chi connectivity index (χ3v) is 12.2. The monoisotopic (exact) mass is 852 g/mol. The van der Waals surface area contributed by atoms with Crippen molar-refractivity contribution >= 4 is 57.8 Å². The van der Waals surface area contributed by atoms with Gasteiger partial charge in [-0.3, -0.25) is 14.5 Å². The molecule has 13 nitrogen and oxygen atoms in total. The molecule has 0 spiro atoms. The summed E-state index contributed by atoms with van der Waals surface area (Å²) in [5.74, 6) is -0.352. The molecule has 2 amide bonds. The van der Waals surface area contributed by atoms with E-state index in [2.05, 4.69) is 57.3 Å². The number of ether oxygens (including phenoxy) is 2. The zero-order valence-electron chi connectivity index (χ0n) is 33.3. The van der Waals surface area contributed by atoms with Crippen LogP contribution in [0, 0.1) is 6.92 Å². The molecule has 1 saturated heterocycles. The van der Waals surface area contributed by atoms with Crippen LogP contribution in [0.4, 0.5) is 5.13 Å². The van der Waals surface area contributed by atoms with Gasteiger partial charge in [0.1, 0.15) is 47.8 Å². The van der Waals surface area contributed by atoms with Crippen LogP contribution in [0.3, 0.4) is 0 Å². The van der Waals surface area contributed by atoms with Crippen LogP contribution in [0.25, 0.3) is 6.08 Å². The van der Waals surface area contributed by atoms with Crippen molar-refractivity contribution in [3.8, 4) is 5.75 Å². The van der Waals surface area contributed by atoms with Crippen molar-refractivity contribution in [2.24, 2.45) is 5.16 Å². The number of thiazole rings is 1. The number of carbonyl (C=O) groups excluding carboxylic acids is 3. The van der Waals surface area contributed by atoms with Gasteiger partial charge in [-0.25, -0.2) is 9.78 Å². The van der Waals surface area contributed by atoms with Crippen molar-refractivity contribution in [1.29, 1.82) is 0 Å². The van der Waals surface area contributed by atoms with Crippen LogP contribution in [0.5, 0.6) is 5.75 Å². The van der Waals surface area contributed by atoms with Crippen LogP contribution in [0.2, 0.25) is 0 Å². The Bertz CT molecular complexity index is 2510. The van der Waals surface area contributed by atoms with Gasteiger partial charge in [-0.2, -0.15) is 0 Å². The Morgan fingerprint density at radius 3 is 2.13 bits per heavy atom. The first-order chi connectivity index (χ1) is 29.8. The predicted octanol–water partition coefficient (Wildman–Crippen LogP) is 7.31. The highest BCUT2D eigenvalue weighted by Crippen LogP contribution is 2.43. The Balaban J connectivity index is 1.04. The minimum absolute atomic E-state index is 0.0326. The molecule has 61 heavy (non-hydrogen) atoms. The van der Waals surface area contributed by atoms with E-state index in [0.717, 1.165) is 22.3 Å². The van der Waals surface area contributed by atoms with Gasteiger partial charge in [-0.1, -0.05) is 120 Å². The van der Waals surface area contributed by atoms with Crippen LogP contribution in [0.1, 0.15) is 39.4 Å². The predicted molar refractivity (Wildman–Crippen MR) is 234 cm³/mol. The quantitative estimate of drug-likeness (QED) is 0.0351. The standard InChI is InChI=1S/C46H40N6O7S2/c1-29-25-36(59-50-29)24-21-31-27-60-43-39(42(54)52(43)40(31)44(55)58-26-30-19-22-35(56-2)23-20-30)48-41(53)38(51-57-3)37-28-61-45(47-37)49-46(32-13-7-4-8-14-32,33-15-9-5-10-16-33)34-17-11-6-12-18-34/h4-25,28,39,43H,26-27H2,1-3H3,(H,47,49)(H,48,53)/b24-21+,51-38-/t39-,43-/m1/s1. The number of fused-ring (bicyclic) bond motifs is 1. The highest BCUT2D eigenvalue weighted by molar-refractivity contribution is 8.00. The van der Waals surface area contributed by atoms with Gasteiger partial charge in [0.2, 0.25) is 0 Å². The second-order valence-corrected chi connectivity index (χ2v) is 16.0. The normalized spacial score (nSPS) is 16.5. The average molecular weight is 853 g/mol. The number of hydrogen-bond acceptors (Lipinski definition) is 13. The molecule has 4 heterocycles. The molecule has 15 heteroatoms. The lowest BCUT2D eigenvalue weighted by atomic mass is 9.77. The summed E-state index contributed by atoms with van der Waals surface area (Å²) in [5, 5.41) is 16.2. The highest BCUT2D eigenvalue weighted by Gasteiger charge is 2.54. The molecule has 2 N–H and O–H groups in total. The fourth-order valence-corrected chi connectivity index (χ4v) is 9.30. The summed E-state index contributed by atoms with van der Waals surface area (Å²) >= 11 is 2.70. The maximum atomic E-state index is 14.1. The third kappa shape index (κ3) is 8.42. The Hall–Kier alpha value is -6.97. The Labute approximate surface area is 360 Å². The molecule has 0 radical (unpaired) electrons. The molecule has 1 fully saturated rings. The molecule has 0 aliphatic carbocycles. The summed E-state index contributed by atoms with van der Waals surface area (Å²) in [6, 6.07) is 38.1. The summed E-state index contributed by atoms with van der Waals surface area (Å²) in [6.45, 7) is 1.77. The Morgan fingerprint density at radius 1 is 0.918 bits per heavy atom. The molecular formula is C46H40N6O7S2. The number of β-lactam (4-membered cyclic amide) rings is 1. The van der Waals surface area contributed by atoms with Crippen LogP contribution in [-0.4, -0.2) is 69.9 Å². The van der Waals surface area contributed by atoms with E-state index in [9.17, 15) is 14.4 Å². The first kappa shape index (κ1) is 40.8. The fourth-order valence-electron chi connectivity index (χ4n) is 7.23. The minimum atomic E-state index is -0.982. The molecular weight excluding hydrogens is 813 g/mol.